The summed E-state index contributed by atoms with van der Waals surface area (Å²) >= 11 is 0. The molecule has 0 saturated heterocycles. The van der Waals surface area contributed by atoms with Crippen LogP contribution < -0.4 is 10.6 Å². The third-order valence-electron chi connectivity index (χ3n) is 4.07. The number of hydrogen-bond acceptors (Lipinski definition) is 1. The molecule has 0 bridgehead atoms. The molecule has 0 aromatic heterocycles. The average molecular weight is 365 g/mol. The lowest BCUT2D eigenvalue weighted by molar-refractivity contribution is 0.409. The van der Waals surface area contributed by atoms with Crippen molar-refractivity contribution in [3.05, 3.63) is 0 Å². The van der Waals surface area contributed by atoms with E-state index in [1.54, 1.807) is 0 Å². The second-order valence-electron chi connectivity index (χ2n) is 5.59. The molecule has 2 aliphatic rings. The van der Waals surface area contributed by atoms with Crippen molar-refractivity contribution in [2.45, 2.75) is 70.4 Å². The standard InChI is InChI=1S/C14H27N3.HI/c1-3-7-11-10-13(11)17-14(15-2)16-12-8-5-4-6-9-12;/h11-13H,3-10H2,1-2H3,(H2,15,16,17);1H. The van der Waals surface area contributed by atoms with Crippen LogP contribution >= 0.6 is 24.0 Å². The largest absolute Gasteiger partial charge is 0.354 e. The fourth-order valence-electron chi connectivity index (χ4n) is 2.90. The van der Waals surface area contributed by atoms with Crippen LogP contribution in [0.3, 0.4) is 0 Å². The molecular formula is C14H28IN3. The molecule has 4 heteroatoms. The third-order valence-corrected chi connectivity index (χ3v) is 4.07. The molecule has 0 radical (unpaired) electrons. The topological polar surface area (TPSA) is 36.4 Å². The summed E-state index contributed by atoms with van der Waals surface area (Å²) in [5.74, 6) is 1.92. The lowest BCUT2D eigenvalue weighted by Crippen LogP contribution is -2.45. The van der Waals surface area contributed by atoms with Crippen molar-refractivity contribution in [3.8, 4) is 0 Å². The highest BCUT2D eigenvalue weighted by Gasteiger charge is 2.36. The highest BCUT2D eigenvalue weighted by Crippen LogP contribution is 2.34. The second-order valence-corrected chi connectivity index (χ2v) is 5.59. The molecule has 2 aliphatic carbocycles. The van der Waals surface area contributed by atoms with Crippen LogP contribution in [0.1, 0.15) is 58.3 Å². The van der Waals surface area contributed by atoms with Crippen LogP contribution in [0.2, 0.25) is 0 Å². The number of nitrogens with one attached hydrogen (secondary N) is 2. The third kappa shape index (κ3) is 4.94. The van der Waals surface area contributed by atoms with E-state index in [4.69, 9.17) is 0 Å². The summed E-state index contributed by atoms with van der Waals surface area (Å²) in [6.45, 7) is 2.27. The van der Waals surface area contributed by atoms with Gasteiger partial charge in [-0.2, -0.15) is 0 Å². The van der Waals surface area contributed by atoms with Gasteiger partial charge in [-0.1, -0.05) is 32.6 Å². The fourth-order valence-corrected chi connectivity index (χ4v) is 2.90. The molecule has 18 heavy (non-hydrogen) atoms. The minimum Gasteiger partial charge on any atom is -0.354 e. The summed E-state index contributed by atoms with van der Waals surface area (Å²) < 4.78 is 0. The summed E-state index contributed by atoms with van der Waals surface area (Å²) in [5.41, 5.74) is 0. The van der Waals surface area contributed by atoms with Crippen LogP contribution in [0.5, 0.6) is 0 Å². The van der Waals surface area contributed by atoms with E-state index in [2.05, 4.69) is 22.5 Å². The number of aliphatic imine (C=N–C) groups is 1. The summed E-state index contributed by atoms with van der Waals surface area (Å²) in [6.07, 6.45) is 10.8. The minimum absolute atomic E-state index is 0. The van der Waals surface area contributed by atoms with E-state index < -0.39 is 0 Å². The Morgan fingerprint density at radius 3 is 2.50 bits per heavy atom. The lowest BCUT2D eigenvalue weighted by Gasteiger charge is -2.25. The van der Waals surface area contributed by atoms with Crippen LogP contribution in [0.25, 0.3) is 0 Å². The molecule has 0 aromatic rings. The van der Waals surface area contributed by atoms with Crippen LogP contribution in [0.4, 0.5) is 0 Å². The second kappa shape index (κ2) is 8.23. The van der Waals surface area contributed by atoms with Gasteiger partial charge in [0.1, 0.15) is 0 Å². The Kier molecular flexibility index (Phi) is 7.34. The van der Waals surface area contributed by atoms with Gasteiger partial charge >= 0.3 is 0 Å². The van der Waals surface area contributed by atoms with Crippen LogP contribution in [-0.4, -0.2) is 25.1 Å². The normalized spacial score (nSPS) is 28.4. The number of hydrogen-bond donors (Lipinski definition) is 2. The average Bonchev–Trinajstić information content (AvgIpc) is 3.08. The maximum absolute atomic E-state index is 4.35. The maximum Gasteiger partial charge on any atom is 0.191 e. The molecule has 2 N–H and O–H groups in total. The van der Waals surface area contributed by atoms with Gasteiger partial charge in [0.2, 0.25) is 0 Å². The Morgan fingerprint density at radius 1 is 1.17 bits per heavy atom. The van der Waals surface area contributed by atoms with E-state index >= 15 is 0 Å². The summed E-state index contributed by atoms with van der Waals surface area (Å²) in [5, 5.41) is 7.14. The highest BCUT2D eigenvalue weighted by atomic mass is 127. The fraction of sp³-hybridized carbons (Fsp3) is 0.929. The molecule has 2 fully saturated rings. The number of nitrogens with zero attached hydrogens (tertiary/aromatic N) is 1. The number of halogens is 1. The first-order valence-electron chi connectivity index (χ1n) is 7.33. The zero-order chi connectivity index (χ0) is 12.1. The Hall–Kier alpha value is 0. The zero-order valence-corrected chi connectivity index (χ0v) is 14.1. The summed E-state index contributed by atoms with van der Waals surface area (Å²) in [4.78, 5) is 4.35. The van der Waals surface area contributed by atoms with Crippen LogP contribution in [0.15, 0.2) is 4.99 Å². The quantitative estimate of drug-likeness (QED) is 0.456. The lowest BCUT2D eigenvalue weighted by atomic mass is 9.96. The molecule has 3 nitrogen and oxygen atoms in total. The predicted molar refractivity (Wildman–Crippen MR) is 88.7 cm³/mol. The first kappa shape index (κ1) is 16.1. The molecule has 0 aliphatic heterocycles. The van der Waals surface area contributed by atoms with Crippen molar-refractivity contribution < 1.29 is 0 Å². The smallest absolute Gasteiger partial charge is 0.191 e. The Morgan fingerprint density at radius 2 is 1.89 bits per heavy atom. The molecule has 0 heterocycles. The van der Waals surface area contributed by atoms with Gasteiger partial charge < -0.3 is 10.6 Å². The van der Waals surface area contributed by atoms with E-state index in [-0.39, 0.29) is 24.0 Å². The van der Waals surface area contributed by atoms with Gasteiger partial charge in [0.05, 0.1) is 0 Å². The van der Waals surface area contributed by atoms with Crippen molar-refractivity contribution in [1.29, 1.82) is 0 Å². The van der Waals surface area contributed by atoms with Gasteiger partial charge in [-0.25, -0.2) is 0 Å². The molecule has 2 atom stereocenters. The van der Waals surface area contributed by atoms with Crippen LogP contribution in [0, 0.1) is 5.92 Å². The maximum atomic E-state index is 4.35. The van der Waals surface area contributed by atoms with E-state index in [0.29, 0.717) is 12.1 Å². The van der Waals surface area contributed by atoms with Gasteiger partial charge in [-0.3, -0.25) is 4.99 Å². The SMILES string of the molecule is CCCC1CC1NC(=NC)NC1CCCCC1.I. The first-order valence-corrected chi connectivity index (χ1v) is 7.33. The van der Waals surface area contributed by atoms with Crippen molar-refractivity contribution in [1.82, 2.24) is 10.6 Å². The predicted octanol–water partition coefficient (Wildman–Crippen LogP) is 3.29. The molecule has 0 spiro atoms. The molecule has 0 amide bonds. The number of rotatable bonds is 4. The van der Waals surface area contributed by atoms with E-state index in [1.807, 2.05) is 7.05 Å². The van der Waals surface area contributed by atoms with E-state index in [1.165, 1.54) is 51.4 Å². The van der Waals surface area contributed by atoms with Crippen molar-refractivity contribution in [2.75, 3.05) is 7.05 Å². The molecule has 2 unspecified atom stereocenters. The van der Waals surface area contributed by atoms with Crippen molar-refractivity contribution in [2.24, 2.45) is 10.9 Å². The van der Waals surface area contributed by atoms with Crippen molar-refractivity contribution >= 4 is 29.9 Å². The van der Waals surface area contributed by atoms with Crippen molar-refractivity contribution in [3.63, 3.8) is 0 Å². The minimum atomic E-state index is 0. The van der Waals surface area contributed by atoms with E-state index in [0.717, 1.165) is 11.9 Å². The Labute approximate surface area is 129 Å². The van der Waals surface area contributed by atoms with Crippen LogP contribution in [-0.2, 0) is 0 Å². The molecule has 2 saturated carbocycles. The molecule has 2 rings (SSSR count). The summed E-state index contributed by atoms with van der Waals surface area (Å²) in [6, 6.07) is 1.34. The monoisotopic (exact) mass is 365 g/mol. The van der Waals surface area contributed by atoms with Gasteiger partial charge in [0.25, 0.3) is 0 Å². The summed E-state index contributed by atoms with van der Waals surface area (Å²) in [7, 11) is 1.88. The Bertz CT molecular complexity index is 262. The number of guanidine groups is 1. The Balaban J connectivity index is 0.00000162. The highest BCUT2D eigenvalue weighted by molar-refractivity contribution is 14.0. The van der Waals surface area contributed by atoms with Gasteiger partial charge in [0.15, 0.2) is 5.96 Å². The van der Waals surface area contributed by atoms with Gasteiger partial charge in [0, 0.05) is 19.1 Å². The first-order chi connectivity index (χ1) is 8.33. The van der Waals surface area contributed by atoms with Gasteiger partial charge in [-0.15, -0.1) is 24.0 Å². The molecule has 0 aromatic carbocycles. The van der Waals surface area contributed by atoms with Gasteiger partial charge in [-0.05, 0) is 31.6 Å². The molecular weight excluding hydrogens is 337 g/mol. The van der Waals surface area contributed by atoms with E-state index in [9.17, 15) is 0 Å². The molecule has 106 valence electrons. The zero-order valence-electron chi connectivity index (χ0n) is 11.7.